The fourth-order valence-corrected chi connectivity index (χ4v) is 3.15. The summed E-state index contributed by atoms with van der Waals surface area (Å²) in [5.41, 5.74) is 1.11. The van der Waals surface area contributed by atoms with Crippen LogP contribution in [0.25, 0.3) is 0 Å². The molecule has 3 heteroatoms. The normalized spacial score (nSPS) is 31.2. The second-order valence-electron chi connectivity index (χ2n) is 5.02. The van der Waals surface area contributed by atoms with Crippen LogP contribution < -0.4 is 4.74 Å². The van der Waals surface area contributed by atoms with E-state index in [0.717, 1.165) is 30.6 Å². The molecule has 1 saturated carbocycles. The lowest BCUT2D eigenvalue weighted by molar-refractivity contribution is -0.0439. The fraction of sp³-hybridized carbons (Fsp3) is 0.571. The third kappa shape index (κ3) is 1.89. The Labute approximate surface area is 101 Å². The largest absolute Gasteiger partial charge is 0.508 e. The summed E-state index contributed by atoms with van der Waals surface area (Å²) in [6.07, 6.45) is 4.94. The summed E-state index contributed by atoms with van der Waals surface area (Å²) < 4.78 is 11.6. The molecule has 3 atom stereocenters. The predicted molar refractivity (Wildman–Crippen MR) is 64.4 cm³/mol. The molecular formula is C14H18O3. The van der Waals surface area contributed by atoms with E-state index < -0.39 is 0 Å². The number of benzene rings is 1. The van der Waals surface area contributed by atoms with Gasteiger partial charge in [0.1, 0.15) is 17.6 Å². The van der Waals surface area contributed by atoms with Gasteiger partial charge in [0.25, 0.3) is 0 Å². The van der Waals surface area contributed by atoms with E-state index in [0.29, 0.717) is 17.8 Å². The Kier molecular flexibility index (Phi) is 2.71. The molecule has 1 fully saturated rings. The first kappa shape index (κ1) is 10.9. The maximum atomic E-state index is 9.52. The third-order valence-electron chi connectivity index (χ3n) is 4.01. The van der Waals surface area contributed by atoms with Crippen molar-refractivity contribution in [2.45, 2.75) is 37.9 Å². The molecule has 0 amide bonds. The van der Waals surface area contributed by atoms with Crippen molar-refractivity contribution >= 4 is 0 Å². The molecule has 1 aromatic rings. The van der Waals surface area contributed by atoms with Crippen molar-refractivity contribution in [1.82, 2.24) is 0 Å². The number of methoxy groups -OCH3 is 1. The lowest BCUT2D eigenvalue weighted by atomic mass is 9.78. The van der Waals surface area contributed by atoms with Gasteiger partial charge in [-0.05, 0) is 49.4 Å². The van der Waals surface area contributed by atoms with Crippen LogP contribution in [-0.2, 0) is 11.2 Å². The van der Waals surface area contributed by atoms with E-state index in [4.69, 9.17) is 9.47 Å². The van der Waals surface area contributed by atoms with Gasteiger partial charge in [0.2, 0.25) is 0 Å². The molecule has 0 radical (unpaired) electrons. The molecule has 3 nitrogen and oxygen atoms in total. The SMILES string of the molecule is CO[C@H]1CCC[C@H]2Oc3ccc(O)cc3C[C@H]12. The van der Waals surface area contributed by atoms with Crippen molar-refractivity contribution in [2.24, 2.45) is 5.92 Å². The third-order valence-corrected chi connectivity index (χ3v) is 4.01. The van der Waals surface area contributed by atoms with Gasteiger partial charge in [-0.15, -0.1) is 0 Å². The summed E-state index contributed by atoms with van der Waals surface area (Å²) in [7, 11) is 1.78. The van der Waals surface area contributed by atoms with Crippen LogP contribution in [0.4, 0.5) is 0 Å². The first-order valence-electron chi connectivity index (χ1n) is 6.29. The highest BCUT2D eigenvalue weighted by Crippen LogP contribution is 2.40. The molecule has 0 spiro atoms. The van der Waals surface area contributed by atoms with Crippen LogP contribution in [-0.4, -0.2) is 24.4 Å². The molecule has 1 N–H and O–H groups in total. The van der Waals surface area contributed by atoms with Gasteiger partial charge in [0.05, 0.1) is 6.10 Å². The summed E-state index contributed by atoms with van der Waals surface area (Å²) in [4.78, 5) is 0. The first-order valence-corrected chi connectivity index (χ1v) is 6.29. The minimum atomic E-state index is 0.283. The molecule has 3 rings (SSSR count). The highest BCUT2D eigenvalue weighted by Gasteiger charge is 2.38. The maximum absolute atomic E-state index is 9.52. The Morgan fingerprint density at radius 3 is 3.06 bits per heavy atom. The van der Waals surface area contributed by atoms with Gasteiger partial charge in [-0.2, -0.15) is 0 Å². The first-order chi connectivity index (χ1) is 8.28. The van der Waals surface area contributed by atoms with Crippen LogP contribution in [0.1, 0.15) is 24.8 Å². The molecule has 0 saturated heterocycles. The van der Waals surface area contributed by atoms with Gasteiger partial charge >= 0.3 is 0 Å². The van der Waals surface area contributed by atoms with Gasteiger partial charge in [0.15, 0.2) is 0 Å². The van der Waals surface area contributed by atoms with Crippen LogP contribution in [0.15, 0.2) is 18.2 Å². The van der Waals surface area contributed by atoms with E-state index in [2.05, 4.69) is 0 Å². The van der Waals surface area contributed by atoms with E-state index in [1.54, 1.807) is 13.2 Å². The van der Waals surface area contributed by atoms with Gasteiger partial charge in [-0.1, -0.05) is 0 Å². The molecule has 0 unspecified atom stereocenters. The molecule has 0 bridgehead atoms. The molecule has 1 aromatic carbocycles. The Hall–Kier alpha value is -1.22. The fourth-order valence-electron chi connectivity index (χ4n) is 3.15. The molecule has 92 valence electrons. The number of hydrogen-bond acceptors (Lipinski definition) is 3. The summed E-state index contributed by atoms with van der Waals surface area (Å²) in [5, 5.41) is 9.52. The molecule has 17 heavy (non-hydrogen) atoms. The van der Waals surface area contributed by atoms with Crippen molar-refractivity contribution in [1.29, 1.82) is 0 Å². The number of phenols is 1. The lowest BCUT2D eigenvalue weighted by Gasteiger charge is -2.41. The van der Waals surface area contributed by atoms with Crippen molar-refractivity contribution in [3.63, 3.8) is 0 Å². The second kappa shape index (κ2) is 4.22. The maximum Gasteiger partial charge on any atom is 0.123 e. The van der Waals surface area contributed by atoms with Crippen LogP contribution in [0, 0.1) is 5.92 Å². The quantitative estimate of drug-likeness (QED) is 0.811. The summed E-state index contributed by atoms with van der Waals surface area (Å²) in [6, 6.07) is 5.37. The molecule has 2 aliphatic rings. The minimum absolute atomic E-state index is 0.283. The Bertz CT molecular complexity index is 416. The van der Waals surface area contributed by atoms with Gasteiger partial charge in [-0.25, -0.2) is 0 Å². The van der Waals surface area contributed by atoms with Crippen molar-refractivity contribution in [3.05, 3.63) is 23.8 Å². The van der Waals surface area contributed by atoms with E-state index in [-0.39, 0.29) is 6.10 Å². The highest BCUT2D eigenvalue weighted by molar-refractivity contribution is 5.41. The van der Waals surface area contributed by atoms with E-state index in [1.807, 2.05) is 12.1 Å². The molecule has 1 aliphatic heterocycles. The van der Waals surface area contributed by atoms with E-state index in [1.165, 1.54) is 6.42 Å². The number of ether oxygens (including phenoxy) is 2. The number of hydrogen-bond donors (Lipinski definition) is 1. The number of phenolic OH excluding ortho intramolecular Hbond substituents is 1. The van der Waals surface area contributed by atoms with Gasteiger partial charge in [-0.3, -0.25) is 0 Å². The standard InChI is InChI=1S/C14H18O3/c1-16-13-3-2-4-14-11(13)8-9-7-10(15)5-6-12(9)17-14/h5-7,11,13-15H,2-4,8H2,1H3/t11-,13+,14-/m1/s1. The number of fused-ring (bicyclic) bond motifs is 2. The Morgan fingerprint density at radius 1 is 1.35 bits per heavy atom. The van der Waals surface area contributed by atoms with Crippen molar-refractivity contribution in [3.8, 4) is 11.5 Å². The Balaban J connectivity index is 1.90. The van der Waals surface area contributed by atoms with Gasteiger partial charge in [0, 0.05) is 13.0 Å². The van der Waals surface area contributed by atoms with Crippen LogP contribution in [0.2, 0.25) is 0 Å². The van der Waals surface area contributed by atoms with Crippen LogP contribution >= 0.6 is 0 Å². The molecule has 1 heterocycles. The Morgan fingerprint density at radius 2 is 2.24 bits per heavy atom. The predicted octanol–water partition coefficient (Wildman–Crippen LogP) is 2.51. The smallest absolute Gasteiger partial charge is 0.123 e. The lowest BCUT2D eigenvalue weighted by Crippen LogP contribution is -2.44. The topological polar surface area (TPSA) is 38.7 Å². The zero-order chi connectivity index (χ0) is 11.8. The number of aromatic hydroxyl groups is 1. The van der Waals surface area contributed by atoms with Crippen molar-refractivity contribution < 1.29 is 14.6 Å². The van der Waals surface area contributed by atoms with Crippen LogP contribution in [0.5, 0.6) is 11.5 Å². The van der Waals surface area contributed by atoms with E-state index in [9.17, 15) is 5.11 Å². The average molecular weight is 234 g/mol. The minimum Gasteiger partial charge on any atom is -0.508 e. The molecular weight excluding hydrogens is 216 g/mol. The van der Waals surface area contributed by atoms with Crippen molar-refractivity contribution in [2.75, 3.05) is 7.11 Å². The average Bonchev–Trinajstić information content (AvgIpc) is 2.35. The molecule has 1 aliphatic carbocycles. The summed E-state index contributed by atoms with van der Waals surface area (Å²) in [5.74, 6) is 1.68. The summed E-state index contributed by atoms with van der Waals surface area (Å²) in [6.45, 7) is 0. The summed E-state index contributed by atoms with van der Waals surface area (Å²) >= 11 is 0. The monoisotopic (exact) mass is 234 g/mol. The highest BCUT2D eigenvalue weighted by atomic mass is 16.5. The zero-order valence-electron chi connectivity index (χ0n) is 10.1. The molecule has 0 aromatic heterocycles. The van der Waals surface area contributed by atoms with Gasteiger partial charge < -0.3 is 14.6 Å². The number of rotatable bonds is 1. The second-order valence-corrected chi connectivity index (χ2v) is 5.02. The van der Waals surface area contributed by atoms with Crippen LogP contribution in [0.3, 0.4) is 0 Å². The van der Waals surface area contributed by atoms with E-state index >= 15 is 0 Å². The zero-order valence-corrected chi connectivity index (χ0v) is 10.1.